The number of hydrogen-bond donors (Lipinski definition) is 1. The molecular formula is C20H14ClN5O. The molecule has 6 nitrogen and oxygen atoms in total. The van der Waals surface area contributed by atoms with Gasteiger partial charge in [-0.15, -0.1) is 0 Å². The van der Waals surface area contributed by atoms with Gasteiger partial charge in [0.1, 0.15) is 22.7 Å². The molecule has 7 heteroatoms. The summed E-state index contributed by atoms with van der Waals surface area (Å²) in [5.74, 6) is 0.744. The fourth-order valence-electron chi connectivity index (χ4n) is 3.09. The zero-order valence-corrected chi connectivity index (χ0v) is 15.4. The zero-order chi connectivity index (χ0) is 19.0. The molecule has 0 aliphatic carbocycles. The van der Waals surface area contributed by atoms with Gasteiger partial charge in [-0.3, -0.25) is 5.10 Å². The van der Waals surface area contributed by atoms with Crippen molar-refractivity contribution in [3.8, 4) is 34.3 Å². The summed E-state index contributed by atoms with van der Waals surface area (Å²) in [6.07, 6.45) is 1.62. The maximum Gasteiger partial charge on any atom is 0.156 e. The number of aromatic amines is 1. The molecule has 4 aromatic rings. The van der Waals surface area contributed by atoms with Gasteiger partial charge in [-0.05, 0) is 48.9 Å². The minimum atomic E-state index is 0.379. The minimum Gasteiger partial charge on any atom is -0.497 e. The summed E-state index contributed by atoms with van der Waals surface area (Å²) in [5, 5.41) is 18.3. The Bertz CT molecular complexity index is 1190. The lowest BCUT2D eigenvalue weighted by atomic mass is 9.98. The van der Waals surface area contributed by atoms with E-state index in [2.05, 4.69) is 26.2 Å². The molecule has 132 valence electrons. The molecule has 0 spiro atoms. The molecule has 0 amide bonds. The van der Waals surface area contributed by atoms with Crippen LogP contribution in [-0.2, 0) is 0 Å². The second-order valence-electron chi connectivity index (χ2n) is 5.96. The smallest absolute Gasteiger partial charge is 0.156 e. The van der Waals surface area contributed by atoms with Crippen molar-refractivity contribution in [2.45, 2.75) is 6.92 Å². The van der Waals surface area contributed by atoms with Crippen LogP contribution in [0.2, 0.25) is 5.15 Å². The number of H-pyrrole nitrogens is 1. The molecule has 0 aliphatic heterocycles. The molecule has 4 rings (SSSR count). The molecule has 0 saturated carbocycles. The molecule has 3 heterocycles. The van der Waals surface area contributed by atoms with Gasteiger partial charge in [-0.25, -0.2) is 9.97 Å². The van der Waals surface area contributed by atoms with Crippen molar-refractivity contribution in [2.75, 3.05) is 7.11 Å². The number of nitrogens with zero attached hydrogens (tertiary/aromatic N) is 4. The first-order valence-corrected chi connectivity index (χ1v) is 8.55. The van der Waals surface area contributed by atoms with Crippen LogP contribution in [0, 0.1) is 18.3 Å². The number of hydrogen-bond acceptors (Lipinski definition) is 5. The van der Waals surface area contributed by atoms with Gasteiger partial charge in [-0.2, -0.15) is 10.4 Å². The number of aromatic nitrogens is 4. The van der Waals surface area contributed by atoms with Crippen molar-refractivity contribution in [1.29, 1.82) is 5.26 Å². The van der Waals surface area contributed by atoms with E-state index in [1.54, 1.807) is 19.4 Å². The van der Waals surface area contributed by atoms with E-state index in [1.807, 2.05) is 37.3 Å². The van der Waals surface area contributed by atoms with E-state index < -0.39 is 0 Å². The first kappa shape index (κ1) is 17.0. The maximum absolute atomic E-state index is 9.79. The SMILES string of the molecule is COc1ccc(-c2nc3[nH]nc(-c4ccnc(Cl)c4)c3c(C)c2C#N)cc1. The molecular weight excluding hydrogens is 362 g/mol. The van der Waals surface area contributed by atoms with E-state index in [9.17, 15) is 5.26 Å². The molecule has 0 fully saturated rings. The van der Waals surface area contributed by atoms with Gasteiger partial charge in [0.05, 0.1) is 23.8 Å². The summed E-state index contributed by atoms with van der Waals surface area (Å²) >= 11 is 6.01. The fourth-order valence-corrected chi connectivity index (χ4v) is 3.27. The van der Waals surface area contributed by atoms with Crippen LogP contribution in [0.3, 0.4) is 0 Å². The first-order valence-electron chi connectivity index (χ1n) is 8.17. The largest absolute Gasteiger partial charge is 0.497 e. The highest BCUT2D eigenvalue weighted by atomic mass is 35.5. The lowest BCUT2D eigenvalue weighted by molar-refractivity contribution is 0.415. The molecule has 0 aliphatic rings. The van der Waals surface area contributed by atoms with Gasteiger partial charge < -0.3 is 4.74 Å². The lowest BCUT2D eigenvalue weighted by Crippen LogP contribution is -1.95. The third kappa shape index (κ3) is 2.88. The lowest BCUT2D eigenvalue weighted by Gasteiger charge is -2.09. The molecule has 0 saturated heterocycles. The van der Waals surface area contributed by atoms with Crippen molar-refractivity contribution in [3.63, 3.8) is 0 Å². The highest BCUT2D eigenvalue weighted by Gasteiger charge is 2.19. The number of halogens is 1. The molecule has 0 atom stereocenters. The van der Waals surface area contributed by atoms with Gasteiger partial charge in [0.25, 0.3) is 0 Å². The van der Waals surface area contributed by atoms with Crippen molar-refractivity contribution in [3.05, 3.63) is 58.9 Å². The molecule has 27 heavy (non-hydrogen) atoms. The molecule has 0 radical (unpaired) electrons. The Kier molecular flexibility index (Phi) is 4.22. The minimum absolute atomic E-state index is 0.379. The number of nitrogens with one attached hydrogen (secondary N) is 1. The number of fused-ring (bicyclic) bond motifs is 1. The summed E-state index contributed by atoms with van der Waals surface area (Å²) in [7, 11) is 1.61. The number of pyridine rings is 2. The number of rotatable bonds is 3. The molecule has 3 aromatic heterocycles. The van der Waals surface area contributed by atoms with Crippen LogP contribution in [-0.4, -0.2) is 27.3 Å². The van der Waals surface area contributed by atoms with Crippen LogP contribution in [0.1, 0.15) is 11.1 Å². The van der Waals surface area contributed by atoms with Crippen molar-refractivity contribution in [2.24, 2.45) is 0 Å². The van der Waals surface area contributed by atoms with Crippen LogP contribution in [0.5, 0.6) is 5.75 Å². The molecule has 1 N–H and O–H groups in total. The summed E-state index contributed by atoms with van der Waals surface area (Å²) < 4.78 is 5.20. The van der Waals surface area contributed by atoms with Crippen LogP contribution in [0.15, 0.2) is 42.6 Å². The van der Waals surface area contributed by atoms with Crippen LogP contribution >= 0.6 is 11.6 Å². The monoisotopic (exact) mass is 375 g/mol. The van der Waals surface area contributed by atoms with Crippen LogP contribution in [0.4, 0.5) is 0 Å². The van der Waals surface area contributed by atoms with E-state index >= 15 is 0 Å². The Labute approximate surface area is 160 Å². The highest BCUT2D eigenvalue weighted by Crippen LogP contribution is 2.34. The average Bonchev–Trinajstić information content (AvgIpc) is 3.12. The van der Waals surface area contributed by atoms with Crippen LogP contribution in [0.25, 0.3) is 33.5 Å². The number of nitriles is 1. The van der Waals surface area contributed by atoms with Gasteiger partial charge >= 0.3 is 0 Å². The summed E-state index contributed by atoms with van der Waals surface area (Å²) in [5.41, 5.74) is 4.87. The van der Waals surface area contributed by atoms with E-state index in [0.29, 0.717) is 27.8 Å². The Morgan fingerprint density at radius 3 is 2.56 bits per heavy atom. The van der Waals surface area contributed by atoms with Gasteiger partial charge in [-0.1, -0.05) is 11.6 Å². The van der Waals surface area contributed by atoms with Gasteiger partial charge in [0.15, 0.2) is 5.65 Å². The summed E-state index contributed by atoms with van der Waals surface area (Å²) in [6.45, 7) is 1.90. The van der Waals surface area contributed by atoms with Crippen molar-refractivity contribution in [1.82, 2.24) is 20.2 Å². The Morgan fingerprint density at radius 1 is 1.11 bits per heavy atom. The normalized spacial score (nSPS) is 10.7. The number of methoxy groups -OCH3 is 1. The standard InChI is InChI=1S/C20H14ClN5O/c1-11-15(10-22)18(12-3-5-14(27-2)6-4-12)24-20-17(11)19(25-26-20)13-7-8-23-16(21)9-13/h3-9H,1-2H3,(H,24,25,26). The predicted octanol–water partition coefficient (Wildman–Crippen LogP) is 4.53. The zero-order valence-electron chi connectivity index (χ0n) is 14.6. The van der Waals surface area contributed by atoms with Gasteiger partial charge in [0.2, 0.25) is 0 Å². The number of aryl methyl sites for hydroxylation is 1. The molecule has 1 aromatic carbocycles. The summed E-state index contributed by atoms with van der Waals surface area (Å²) in [6, 6.07) is 13.3. The Hall–Kier alpha value is -3.43. The first-order chi connectivity index (χ1) is 13.1. The third-order valence-corrected chi connectivity index (χ3v) is 4.64. The number of ether oxygens (including phenoxy) is 1. The summed E-state index contributed by atoms with van der Waals surface area (Å²) in [4.78, 5) is 8.67. The molecule has 0 unspecified atom stereocenters. The van der Waals surface area contributed by atoms with Crippen molar-refractivity contribution >= 4 is 22.6 Å². The maximum atomic E-state index is 9.79. The third-order valence-electron chi connectivity index (χ3n) is 4.43. The van der Waals surface area contributed by atoms with E-state index in [4.69, 9.17) is 16.3 Å². The Balaban J connectivity index is 1.95. The second-order valence-corrected chi connectivity index (χ2v) is 6.35. The quantitative estimate of drug-likeness (QED) is 0.531. The van der Waals surface area contributed by atoms with E-state index in [-0.39, 0.29) is 0 Å². The van der Waals surface area contributed by atoms with E-state index in [0.717, 1.165) is 27.8 Å². The topological polar surface area (TPSA) is 87.5 Å². The fraction of sp³-hybridized carbons (Fsp3) is 0.100. The average molecular weight is 376 g/mol. The highest BCUT2D eigenvalue weighted by molar-refractivity contribution is 6.29. The van der Waals surface area contributed by atoms with E-state index in [1.165, 1.54) is 0 Å². The molecule has 0 bridgehead atoms. The predicted molar refractivity (Wildman–Crippen MR) is 104 cm³/mol. The number of benzene rings is 1. The van der Waals surface area contributed by atoms with Gasteiger partial charge in [0, 0.05) is 17.3 Å². The van der Waals surface area contributed by atoms with Crippen LogP contribution < -0.4 is 4.74 Å². The van der Waals surface area contributed by atoms with Crippen molar-refractivity contribution < 1.29 is 4.74 Å². The Morgan fingerprint density at radius 2 is 1.89 bits per heavy atom. The second kappa shape index (κ2) is 6.71.